The van der Waals surface area contributed by atoms with Crippen LogP contribution in [0.15, 0.2) is 29.0 Å². The third kappa shape index (κ3) is 2.09. The van der Waals surface area contributed by atoms with E-state index in [0.717, 1.165) is 12.8 Å². The van der Waals surface area contributed by atoms with Crippen molar-refractivity contribution in [3.8, 4) is 0 Å². The van der Waals surface area contributed by atoms with Crippen LogP contribution in [0.25, 0.3) is 11.1 Å². The lowest BCUT2D eigenvalue weighted by Gasteiger charge is -2.22. The van der Waals surface area contributed by atoms with E-state index in [-0.39, 0.29) is 11.9 Å². The summed E-state index contributed by atoms with van der Waals surface area (Å²) < 4.78 is 10.6. The Labute approximate surface area is 104 Å². The van der Waals surface area contributed by atoms with E-state index in [1.165, 1.54) is 6.26 Å². The van der Waals surface area contributed by atoms with Gasteiger partial charge in [0.1, 0.15) is 17.3 Å². The van der Waals surface area contributed by atoms with Crippen molar-refractivity contribution in [1.82, 2.24) is 10.3 Å². The summed E-state index contributed by atoms with van der Waals surface area (Å²) in [5.41, 5.74) is 1.74. The highest BCUT2D eigenvalue weighted by molar-refractivity contribution is 6.04. The molecule has 0 unspecified atom stereocenters. The van der Waals surface area contributed by atoms with Crippen molar-refractivity contribution in [2.24, 2.45) is 0 Å². The fourth-order valence-corrected chi connectivity index (χ4v) is 2.13. The molecule has 0 radical (unpaired) electrons. The molecule has 3 rings (SSSR count). The van der Waals surface area contributed by atoms with Crippen LogP contribution in [0, 0.1) is 0 Å². The first-order valence-corrected chi connectivity index (χ1v) is 6.05. The summed E-state index contributed by atoms with van der Waals surface area (Å²) in [4.78, 5) is 16.3. The van der Waals surface area contributed by atoms with Crippen LogP contribution in [0.4, 0.5) is 0 Å². The van der Waals surface area contributed by atoms with Gasteiger partial charge in [-0.15, -0.1) is 0 Å². The summed E-state index contributed by atoms with van der Waals surface area (Å²) in [6.45, 7) is 1.41. The van der Waals surface area contributed by atoms with Crippen LogP contribution >= 0.6 is 0 Å². The number of carbonyl (C=O) groups is 1. The Hall–Kier alpha value is -1.88. The monoisotopic (exact) mass is 246 g/mol. The number of rotatable bonds is 2. The summed E-state index contributed by atoms with van der Waals surface area (Å²) in [5, 5.41) is 2.99. The Morgan fingerprint density at radius 3 is 3.06 bits per heavy atom. The third-order valence-corrected chi connectivity index (χ3v) is 3.13. The smallest absolute Gasteiger partial charge is 0.256 e. The Bertz CT molecular complexity index is 558. The Kier molecular flexibility index (Phi) is 2.98. The molecule has 1 amide bonds. The van der Waals surface area contributed by atoms with Crippen molar-refractivity contribution in [2.45, 2.75) is 18.9 Å². The molecule has 94 valence electrons. The zero-order valence-electron chi connectivity index (χ0n) is 9.89. The molecule has 1 saturated heterocycles. The lowest BCUT2D eigenvalue weighted by Crippen LogP contribution is -2.38. The standard InChI is InChI=1S/C13H14N2O3/c16-13(15-9-3-6-17-7-4-9)10-8-18-11-2-1-5-14-12(10)11/h1-2,5,8-9H,3-4,6-7H2,(H,15,16). The molecule has 1 aliphatic rings. The van der Waals surface area contributed by atoms with Gasteiger partial charge in [0.25, 0.3) is 5.91 Å². The van der Waals surface area contributed by atoms with E-state index in [0.29, 0.717) is 29.9 Å². The fourth-order valence-electron chi connectivity index (χ4n) is 2.13. The number of hydrogen-bond donors (Lipinski definition) is 1. The molecule has 3 heterocycles. The van der Waals surface area contributed by atoms with Gasteiger partial charge < -0.3 is 14.5 Å². The Balaban J connectivity index is 1.79. The van der Waals surface area contributed by atoms with Crippen molar-refractivity contribution in [1.29, 1.82) is 0 Å². The number of amides is 1. The molecule has 2 aromatic heterocycles. The molecule has 0 atom stereocenters. The number of aromatic nitrogens is 1. The van der Waals surface area contributed by atoms with Crippen molar-refractivity contribution < 1.29 is 13.9 Å². The molecule has 1 N–H and O–H groups in total. The lowest BCUT2D eigenvalue weighted by atomic mass is 10.1. The normalized spacial score (nSPS) is 16.9. The Morgan fingerprint density at radius 2 is 2.22 bits per heavy atom. The van der Waals surface area contributed by atoms with E-state index >= 15 is 0 Å². The summed E-state index contributed by atoms with van der Waals surface area (Å²) >= 11 is 0. The van der Waals surface area contributed by atoms with Gasteiger partial charge in [0.2, 0.25) is 0 Å². The first-order valence-electron chi connectivity index (χ1n) is 6.05. The second-order valence-electron chi connectivity index (χ2n) is 4.36. The van der Waals surface area contributed by atoms with Crippen molar-refractivity contribution in [3.63, 3.8) is 0 Å². The highest BCUT2D eigenvalue weighted by Gasteiger charge is 2.20. The zero-order valence-corrected chi connectivity index (χ0v) is 9.89. The molecule has 1 aliphatic heterocycles. The first-order chi connectivity index (χ1) is 8.84. The minimum Gasteiger partial charge on any atom is -0.462 e. The molecular formula is C13H14N2O3. The van der Waals surface area contributed by atoms with Gasteiger partial charge in [0.15, 0.2) is 5.58 Å². The third-order valence-electron chi connectivity index (χ3n) is 3.13. The minimum atomic E-state index is -0.126. The Morgan fingerprint density at radius 1 is 1.39 bits per heavy atom. The van der Waals surface area contributed by atoms with Crippen molar-refractivity contribution in [3.05, 3.63) is 30.2 Å². The number of carbonyl (C=O) groups excluding carboxylic acids is 1. The summed E-state index contributed by atoms with van der Waals surface area (Å²) in [6, 6.07) is 3.76. The molecule has 0 bridgehead atoms. The zero-order chi connectivity index (χ0) is 12.4. The molecule has 5 nitrogen and oxygen atoms in total. The molecule has 5 heteroatoms. The molecule has 0 aliphatic carbocycles. The second kappa shape index (κ2) is 4.78. The first kappa shape index (κ1) is 11.2. The van der Waals surface area contributed by atoms with Crippen LogP contribution in [0.2, 0.25) is 0 Å². The lowest BCUT2D eigenvalue weighted by molar-refractivity contribution is 0.0697. The summed E-state index contributed by atoms with van der Waals surface area (Å²) in [5.74, 6) is -0.126. The highest BCUT2D eigenvalue weighted by Crippen LogP contribution is 2.18. The molecule has 18 heavy (non-hydrogen) atoms. The van der Waals surface area contributed by atoms with Crippen molar-refractivity contribution >= 4 is 17.0 Å². The number of pyridine rings is 1. The predicted octanol–water partition coefficient (Wildman–Crippen LogP) is 1.74. The van der Waals surface area contributed by atoms with Gasteiger partial charge >= 0.3 is 0 Å². The largest absolute Gasteiger partial charge is 0.462 e. The molecule has 0 aromatic carbocycles. The number of fused-ring (bicyclic) bond motifs is 1. The molecule has 2 aromatic rings. The van der Waals surface area contributed by atoms with Crippen LogP contribution in [0.3, 0.4) is 0 Å². The molecular weight excluding hydrogens is 232 g/mol. The van der Waals surface area contributed by atoms with Gasteiger partial charge in [0.05, 0.1) is 0 Å². The van der Waals surface area contributed by atoms with Crippen LogP contribution in [0.1, 0.15) is 23.2 Å². The van der Waals surface area contributed by atoms with Crippen LogP contribution < -0.4 is 5.32 Å². The van der Waals surface area contributed by atoms with Gasteiger partial charge in [-0.3, -0.25) is 9.78 Å². The minimum absolute atomic E-state index is 0.126. The van der Waals surface area contributed by atoms with Crippen LogP contribution in [-0.2, 0) is 4.74 Å². The van der Waals surface area contributed by atoms with Gasteiger partial charge in [-0.2, -0.15) is 0 Å². The molecule has 0 spiro atoms. The van der Waals surface area contributed by atoms with E-state index in [9.17, 15) is 4.79 Å². The molecule has 0 saturated carbocycles. The number of hydrogen-bond acceptors (Lipinski definition) is 4. The van der Waals surface area contributed by atoms with E-state index in [1.54, 1.807) is 18.3 Å². The molecule has 1 fully saturated rings. The average Bonchev–Trinajstić information content (AvgIpc) is 2.84. The van der Waals surface area contributed by atoms with Gasteiger partial charge in [-0.05, 0) is 25.0 Å². The summed E-state index contributed by atoms with van der Waals surface area (Å²) in [7, 11) is 0. The van der Waals surface area contributed by atoms with E-state index in [2.05, 4.69) is 10.3 Å². The van der Waals surface area contributed by atoms with E-state index in [1.807, 2.05) is 0 Å². The van der Waals surface area contributed by atoms with Gasteiger partial charge in [0, 0.05) is 25.5 Å². The van der Waals surface area contributed by atoms with E-state index < -0.39 is 0 Å². The maximum absolute atomic E-state index is 12.1. The second-order valence-corrected chi connectivity index (χ2v) is 4.36. The van der Waals surface area contributed by atoms with Crippen LogP contribution in [0.5, 0.6) is 0 Å². The maximum Gasteiger partial charge on any atom is 0.256 e. The number of nitrogens with zero attached hydrogens (tertiary/aromatic N) is 1. The SMILES string of the molecule is O=C(NC1CCOCC1)c1coc2cccnc12. The van der Waals surface area contributed by atoms with Gasteiger partial charge in [-0.25, -0.2) is 0 Å². The number of furan rings is 1. The topological polar surface area (TPSA) is 64.4 Å². The maximum atomic E-state index is 12.1. The fraction of sp³-hybridized carbons (Fsp3) is 0.385. The number of nitrogens with one attached hydrogen (secondary N) is 1. The summed E-state index contributed by atoms with van der Waals surface area (Å²) in [6.07, 6.45) is 4.83. The van der Waals surface area contributed by atoms with Crippen LogP contribution in [-0.4, -0.2) is 30.1 Å². The van der Waals surface area contributed by atoms with Gasteiger partial charge in [-0.1, -0.05) is 0 Å². The quantitative estimate of drug-likeness (QED) is 0.876. The number of ether oxygens (including phenoxy) is 1. The average molecular weight is 246 g/mol. The van der Waals surface area contributed by atoms with Crippen molar-refractivity contribution in [2.75, 3.05) is 13.2 Å². The predicted molar refractivity (Wildman–Crippen MR) is 65.3 cm³/mol. The highest BCUT2D eigenvalue weighted by atomic mass is 16.5. The van der Waals surface area contributed by atoms with E-state index in [4.69, 9.17) is 9.15 Å².